The number of ether oxygens (including phenoxy) is 1. The van der Waals surface area contributed by atoms with Crippen LogP contribution in [0.15, 0.2) is 0 Å². The number of fused-ring (bicyclic) bond motifs is 1. The third-order valence-electron chi connectivity index (χ3n) is 7.02. The van der Waals surface area contributed by atoms with Crippen LogP contribution in [0.25, 0.3) is 0 Å². The van der Waals surface area contributed by atoms with Crippen molar-refractivity contribution in [2.75, 3.05) is 65.6 Å². The molecule has 4 fully saturated rings. The second-order valence-corrected chi connectivity index (χ2v) is 10.5. The molecule has 6 heteroatoms. The van der Waals surface area contributed by atoms with Crippen molar-refractivity contribution in [3.8, 4) is 0 Å². The summed E-state index contributed by atoms with van der Waals surface area (Å²) >= 11 is 2.57. The molecular formula is C19H35IN4O. The quantitative estimate of drug-likeness (QED) is 0.351. The van der Waals surface area contributed by atoms with E-state index in [9.17, 15) is 0 Å². The summed E-state index contributed by atoms with van der Waals surface area (Å²) < 4.78 is 6.03. The van der Waals surface area contributed by atoms with Crippen molar-refractivity contribution >= 4 is 22.6 Å². The van der Waals surface area contributed by atoms with E-state index in [2.05, 4.69) is 56.0 Å². The molecule has 0 aliphatic carbocycles. The first-order chi connectivity index (χ1) is 12.1. The lowest BCUT2D eigenvalue weighted by Crippen LogP contribution is -2.57. The monoisotopic (exact) mass is 462 g/mol. The van der Waals surface area contributed by atoms with E-state index in [4.69, 9.17) is 4.74 Å². The van der Waals surface area contributed by atoms with Gasteiger partial charge < -0.3 is 4.74 Å². The number of halogens is 1. The van der Waals surface area contributed by atoms with Crippen LogP contribution in [0.3, 0.4) is 0 Å². The second kappa shape index (κ2) is 8.27. The minimum atomic E-state index is 0.676. The summed E-state index contributed by atoms with van der Waals surface area (Å²) in [5.41, 5.74) is 0. The third kappa shape index (κ3) is 4.35. The molecule has 0 aromatic heterocycles. The smallest absolute Gasteiger partial charge is 0.0645 e. The predicted molar refractivity (Wildman–Crippen MR) is 110 cm³/mol. The van der Waals surface area contributed by atoms with Gasteiger partial charge in [-0.3, -0.25) is 19.6 Å². The summed E-state index contributed by atoms with van der Waals surface area (Å²) in [5.74, 6) is 0.905. The molecule has 0 aromatic carbocycles. The lowest BCUT2D eigenvalue weighted by Gasteiger charge is -2.44. The Hall–Kier alpha value is 0.530. The topological polar surface area (TPSA) is 22.2 Å². The van der Waals surface area contributed by atoms with Crippen LogP contribution >= 0.6 is 22.6 Å². The van der Waals surface area contributed by atoms with E-state index in [1.807, 2.05) is 0 Å². The zero-order valence-corrected chi connectivity index (χ0v) is 18.1. The molecule has 0 amide bonds. The zero-order valence-electron chi connectivity index (χ0n) is 15.9. The van der Waals surface area contributed by atoms with Gasteiger partial charge >= 0.3 is 0 Å². The van der Waals surface area contributed by atoms with Gasteiger partial charge in [0.25, 0.3) is 0 Å². The average molecular weight is 462 g/mol. The molecule has 0 spiro atoms. The molecule has 144 valence electrons. The second-order valence-electron chi connectivity index (χ2n) is 8.67. The van der Waals surface area contributed by atoms with Crippen molar-refractivity contribution < 1.29 is 4.74 Å². The SMILES string of the molecule is C[C@H](I)N1CCN2CC(C[C@@H](C)N3CCN(C4COC4)CC3)CC2C1. The van der Waals surface area contributed by atoms with Crippen molar-refractivity contribution in [2.24, 2.45) is 5.92 Å². The number of hydrogen-bond donors (Lipinski definition) is 0. The predicted octanol–water partition coefficient (Wildman–Crippen LogP) is 1.57. The van der Waals surface area contributed by atoms with Crippen LogP contribution in [0, 0.1) is 5.92 Å². The molecular weight excluding hydrogens is 427 g/mol. The highest BCUT2D eigenvalue weighted by molar-refractivity contribution is 14.1. The van der Waals surface area contributed by atoms with Gasteiger partial charge in [0.1, 0.15) is 0 Å². The number of nitrogens with zero attached hydrogens (tertiary/aromatic N) is 4. The average Bonchev–Trinajstić information content (AvgIpc) is 2.95. The van der Waals surface area contributed by atoms with E-state index in [-0.39, 0.29) is 0 Å². The van der Waals surface area contributed by atoms with Crippen LogP contribution < -0.4 is 0 Å². The van der Waals surface area contributed by atoms with Crippen LogP contribution in [-0.4, -0.2) is 107 Å². The van der Waals surface area contributed by atoms with E-state index in [1.54, 1.807) is 0 Å². The van der Waals surface area contributed by atoms with Crippen molar-refractivity contribution in [1.29, 1.82) is 0 Å². The fourth-order valence-corrected chi connectivity index (χ4v) is 5.78. The highest BCUT2D eigenvalue weighted by Crippen LogP contribution is 2.31. The summed E-state index contributed by atoms with van der Waals surface area (Å²) in [7, 11) is 0. The lowest BCUT2D eigenvalue weighted by atomic mass is 9.96. The van der Waals surface area contributed by atoms with Crippen molar-refractivity contribution in [2.45, 2.75) is 48.9 Å². The van der Waals surface area contributed by atoms with Crippen molar-refractivity contribution in [3.05, 3.63) is 0 Å². The van der Waals surface area contributed by atoms with E-state index in [1.165, 1.54) is 65.2 Å². The van der Waals surface area contributed by atoms with E-state index in [0.717, 1.165) is 31.2 Å². The Morgan fingerprint density at radius 2 is 1.56 bits per heavy atom. The maximum Gasteiger partial charge on any atom is 0.0645 e. The van der Waals surface area contributed by atoms with Crippen LogP contribution in [-0.2, 0) is 4.74 Å². The molecule has 5 nitrogen and oxygen atoms in total. The van der Waals surface area contributed by atoms with Gasteiger partial charge in [-0.2, -0.15) is 0 Å². The standard InChI is InChI=1S/C19H35IN4O/c1-15(21-3-5-22(6-4-21)19-13-25-14-19)9-17-10-18-12-23(16(2)20)7-8-24(18)11-17/h15-19H,3-14H2,1-2H3/t15-,16-,17?,18?/m1/s1. The number of piperazine rings is 2. The van der Waals surface area contributed by atoms with E-state index >= 15 is 0 Å². The largest absolute Gasteiger partial charge is 0.378 e. The molecule has 0 aromatic rings. The number of alkyl halides is 1. The van der Waals surface area contributed by atoms with Crippen LogP contribution in [0.5, 0.6) is 0 Å². The highest BCUT2D eigenvalue weighted by atomic mass is 127. The Labute approximate surface area is 167 Å². The van der Waals surface area contributed by atoms with Gasteiger partial charge in [0.05, 0.1) is 23.3 Å². The Morgan fingerprint density at radius 1 is 0.880 bits per heavy atom. The van der Waals surface area contributed by atoms with E-state index in [0.29, 0.717) is 10.1 Å². The Morgan fingerprint density at radius 3 is 2.20 bits per heavy atom. The summed E-state index contributed by atoms with van der Waals surface area (Å²) in [4.78, 5) is 10.8. The highest BCUT2D eigenvalue weighted by Gasteiger charge is 2.38. The zero-order chi connectivity index (χ0) is 17.4. The normalized spacial score (nSPS) is 36.1. The molecule has 0 bridgehead atoms. The molecule has 0 radical (unpaired) electrons. The molecule has 4 heterocycles. The van der Waals surface area contributed by atoms with Gasteiger partial charge in [0.2, 0.25) is 0 Å². The summed E-state index contributed by atoms with van der Waals surface area (Å²) in [5, 5.41) is 0. The van der Waals surface area contributed by atoms with Gasteiger partial charge in [-0.05, 0) is 32.6 Å². The van der Waals surface area contributed by atoms with Crippen LogP contribution in [0.1, 0.15) is 26.7 Å². The molecule has 4 aliphatic heterocycles. The first kappa shape index (κ1) is 18.9. The fourth-order valence-electron chi connectivity index (χ4n) is 5.27. The fraction of sp³-hybridized carbons (Fsp3) is 1.00. The molecule has 25 heavy (non-hydrogen) atoms. The minimum Gasteiger partial charge on any atom is -0.378 e. The lowest BCUT2D eigenvalue weighted by molar-refractivity contribution is -0.0797. The summed E-state index contributed by atoms with van der Waals surface area (Å²) in [6, 6.07) is 2.27. The molecule has 0 saturated carbocycles. The van der Waals surface area contributed by atoms with Gasteiger partial charge in [-0.15, -0.1) is 0 Å². The number of hydrogen-bond acceptors (Lipinski definition) is 5. The Balaban J connectivity index is 1.22. The first-order valence-corrected chi connectivity index (χ1v) is 11.5. The third-order valence-corrected chi connectivity index (χ3v) is 7.81. The van der Waals surface area contributed by atoms with Crippen molar-refractivity contribution in [3.63, 3.8) is 0 Å². The molecule has 4 rings (SSSR count). The van der Waals surface area contributed by atoms with E-state index < -0.39 is 0 Å². The van der Waals surface area contributed by atoms with Crippen molar-refractivity contribution in [1.82, 2.24) is 19.6 Å². The maximum atomic E-state index is 5.36. The Kier molecular flexibility index (Phi) is 6.24. The number of rotatable bonds is 5. The molecule has 4 atom stereocenters. The molecule has 2 unspecified atom stereocenters. The first-order valence-electron chi connectivity index (χ1n) is 10.3. The summed E-state index contributed by atoms with van der Waals surface area (Å²) in [6.45, 7) is 16.9. The van der Waals surface area contributed by atoms with Crippen LogP contribution in [0.2, 0.25) is 0 Å². The van der Waals surface area contributed by atoms with Gasteiger partial charge in [0.15, 0.2) is 0 Å². The van der Waals surface area contributed by atoms with Crippen LogP contribution in [0.4, 0.5) is 0 Å². The molecule has 4 aliphatic rings. The maximum absolute atomic E-state index is 5.36. The summed E-state index contributed by atoms with van der Waals surface area (Å²) in [6.07, 6.45) is 2.81. The Bertz CT molecular complexity index is 439. The molecule has 4 saturated heterocycles. The molecule has 0 N–H and O–H groups in total. The minimum absolute atomic E-state index is 0.676. The van der Waals surface area contributed by atoms with Gasteiger partial charge in [0, 0.05) is 64.4 Å². The van der Waals surface area contributed by atoms with Gasteiger partial charge in [-0.25, -0.2) is 0 Å². The van der Waals surface area contributed by atoms with Gasteiger partial charge in [-0.1, -0.05) is 22.6 Å².